The highest BCUT2D eigenvalue weighted by Crippen LogP contribution is 2.12. The Morgan fingerprint density at radius 3 is 1.83 bits per heavy atom. The fraction of sp³-hybridized carbons (Fsp3) is 0.950. The molecule has 0 aromatic rings. The van der Waals surface area contributed by atoms with Crippen LogP contribution in [0, 0.1) is 0 Å². The van der Waals surface area contributed by atoms with E-state index in [0.29, 0.717) is 13.0 Å². The average Bonchev–Trinajstić information content (AvgIpc) is 2.58. The van der Waals surface area contributed by atoms with Gasteiger partial charge < -0.3 is 14.2 Å². The summed E-state index contributed by atoms with van der Waals surface area (Å²) < 4.78 is 16.8. The predicted molar refractivity (Wildman–Crippen MR) is 99.1 cm³/mol. The van der Waals surface area contributed by atoms with Gasteiger partial charge in [0.05, 0.1) is 6.61 Å². The summed E-state index contributed by atoms with van der Waals surface area (Å²) in [5.74, 6) is -0.0490. The molecule has 0 rings (SSSR count). The minimum Gasteiger partial charge on any atom is -0.466 e. The molecule has 0 N–H and O–H groups in total. The van der Waals surface area contributed by atoms with Crippen LogP contribution in [0.2, 0.25) is 0 Å². The van der Waals surface area contributed by atoms with Gasteiger partial charge in [-0.3, -0.25) is 4.79 Å². The Balaban J connectivity index is 3.63. The molecule has 0 saturated heterocycles. The van der Waals surface area contributed by atoms with E-state index in [2.05, 4.69) is 20.8 Å². The van der Waals surface area contributed by atoms with Gasteiger partial charge in [-0.25, -0.2) is 0 Å². The van der Waals surface area contributed by atoms with E-state index in [1.54, 1.807) is 0 Å². The van der Waals surface area contributed by atoms with Crippen LogP contribution < -0.4 is 0 Å². The minimum atomic E-state index is -0.0536. The van der Waals surface area contributed by atoms with E-state index in [4.69, 9.17) is 14.2 Å². The molecule has 0 fully saturated rings. The first kappa shape index (κ1) is 23.4. The third kappa shape index (κ3) is 16.3. The van der Waals surface area contributed by atoms with E-state index in [9.17, 15) is 4.79 Å². The minimum absolute atomic E-state index is 0.0490. The van der Waals surface area contributed by atoms with Crippen molar-refractivity contribution in [3.05, 3.63) is 0 Å². The number of hydrogen-bond donors (Lipinski definition) is 0. The van der Waals surface area contributed by atoms with Gasteiger partial charge in [0, 0.05) is 19.6 Å². The van der Waals surface area contributed by atoms with Crippen molar-refractivity contribution in [3.8, 4) is 0 Å². The van der Waals surface area contributed by atoms with Crippen LogP contribution in [0.5, 0.6) is 0 Å². The predicted octanol–water partition coefficient (Wildman–Crippen LogP) is 5.63. The first-order valence-corrected chi connectivity index (χ1v) is 10.1. The van der Waals surface area contributed by atoms with Crippen LogP contribution in [0.1, 0.15) is 97.8 Å². The van der Waals surface area contributed by atoms with E-state index < -0.39 is 0 Å². The van der Waals surface area contributed by atoms with Crippen LogP contribution in [0.3, 0.4) is 0 Å². The number of carbonyl (C=O) groups excluding carboxylic acids is 1. The first-order chi connectivity index (χ1) is 11.7. The summed E-state index contributed by atoms with van der Waals surface area (Å²) in [4.78, 5) is 11.5. The zero-order valence-electron chi connectivity index (χ0n) is 16.3. The second kappa shape index (κ2) is 18.7. The largest absolute Gasteiger partial charge is 0.466 e. The summed E-state index contributed by atoms with van der Waals surface area (Å²) in [6, 6.07) is 0. The average molecular weight is 345 g/mol. The van der Waals surface area contributed by atoms with Crippen molar-refractivity contribution in [1.29, 1.82) is 0 Å². The highest BCUT2D eigenvalue weighted by Gasteiger charge is 2.09. The summed E-state index contributed by atoms with van der Waals surface area (Å²) >= 11 is 0. The Morgan fingerprint density at radius 2 is 1.25 bits per heavy atom. The number of ether oxygens (including phenoxy) is 3. The molecular formula is C20H40O4. The molecule has 0 aliphatic heterocycles. The molecule has 4 nitrogen and oxygen atoms in total. The topological polar surface area (TPSA) is 44.8 Å². The van der Waals surface area contributed by atoms with Gasteiger partial charge in [0.15, 0.2) is 6.29 Å². The van der Waals surface area contributed by atoms with Crippen molar-refractivity contribution >= 4 is 5.97 Å². The zero-order valence-corrected chi connectivity index (χ0v) is 16.3. The normalized spacial score (nSPS) is 11.2. The van der Waals surface area contributed by atoms with E-state index in [1.807, 2.05) is 0 Å². The van der Waals surface area contributed by atoms with Gasteiger partial charge in [-0.2, -0.15) is 0 Å². The third-order valence-electron chi connectivity index (χ3n) is 3.93. The summed E-state index contributed by atoms with van der Waals surface area (Å²) in [6.07, 6.45) is 12.2. The molecule has 0 unspecified atom stereocenters. The van der Waals surface area contributed by atoms with Gasteiger partial charge in [0.1, 0.15) is 0 Å². The summed E-state index contributed by atoms with van der Waals surface area (Å²) in [6.45, 7) is 8.58. The van der Waals surface area contributed by atoms with Crippen LogP contribution in [0.4, 0.5) is 0 Å². The maximum atomic E-state index is 11.5. The van der Waals surface area contributed by atoms with E-state index >= 15 is 0 Å². The van der Waals surface area contributed by atoms with Crippen LogP contribution in [0.15, 0.2) is 0 Å². The summed E-state index contributed by atoms with van der Waals surface area (Å²) in [7, 11) is 0. The second-order valence-electron chi connectivity index (χ2n) is 6.41. The van der Waals surface area contributed by atoms with Gasteiger partial charge in [-0.05, 0) is 38.5 Å². The maximum Gasteiger partial charge on any atom is 0.305 e. The van der Waals surface area contributed by atoms with Gasteiger partial charge in [-0.1, -0.05) is 52.9 Å². The number of rotatable bonds is 18. The van der Waals surface area contributed by atoms with E-state index in [1.165, 1.54) is 0 Å². The summed E-state index contributed by atoms with van der Waals surface area (Å²) in [5.41, 5.74) is 0. The fourth-order valence-corrected chi connectivity index (χ4v) is 2.27. The SMILES string of the molecule is CCCCOC(=O)CCCCCCC(OCCCC)OCCCC. The van der Waals surface area contributed by atoms with Gasteiger partial charge in [0.25, 0.3) is 0 Å². The molecule has 24 heavy (non-hydrogen) atoms. The molecule has 0 heterocycles. The lowest BCUT2D eigenvalue weighted by Crippen LogP contribution is -2.18. The molecule has 0 aromatic carbocycles. The van der Waals surface area contributed by atoms with Gasteiger partial charge in [0.2, 0.25) is 0 Å². The first-order valence-electron chi connectivity index (χ1n) is 10.1. The zero-order chi connectivity index (χ0) is 17.9. The molecule has 0 spiro atoms. The Labute approximate surface area is 149 Å². The van der Waals surface area contributed by atoms with E-state index in [-0.39, 0.29) is 12.3 Å². The Hall–Kier alpha value is -0.610. The Bertz CT molecular complexity index is 258. The lowest BCUT2D eigenvalue weighted by Gasteiger charge is -2.18. The molecule has 144 valence electrons. The highest BCUT2D eigenvalue weighted by atomic mass is 16.7. The molecule has 0 aromatic heterocycles. The third-order valence-corrected chi connectivity index (χ3v) is 3.93. The molecule has 0 radical (unpaired) electrons. The highest BCUT2D eigenvalue weighted by molar-refractivity contribution is 5.69. The van der Waals surface area contributed by atoms with Crippen LogP contribution >= 0.6 is 0 Å². The Morgan fingerprint density at radius 1 is 0.708 bits per heavy atom. The summed E-state index contributed by atoms with van der Waals surface area (Å²) in [5, 5.41) is 0. The van der Waals surface area contributed by atoms with Crippen LogP contribution in [-0.4, -0.2) is 32.1 Å². The molecule has 0 aliphatic carbocycles. The Kier molecular flexibility index (Phi) is 18.2. The number of hydrogen-bond acceptors (Lipinski definition) is 4. The smallest absolute Gasteiger partial charge is 0.305 e. The molecular weight excluding hydrogens is 304 g/mol. The molecule has 0 atom stereocenters. The standard InChI is InChI=1S/C20H40O4/c1-4-7-16-22-19(21)14-12-10-11-13-15-20(23-17-8-5-2)24-18-9-6-3/h20H,4-18H2,1-3H3. The lowest BCUT2D eigenvalue weighted by atomic mass is 10.1. The van der Waals surface area contributed by atoms with Crippen molar-refractivity contribution in [2.24, 2.45) is 0 Å². The maximum absolute atomic E-state index is 11.5. The molecule has 0 amide bonds. The van der Waals surface area contributed by atoms with Crippen molar-refractivity contribution in [1.82, 2.24) is 0 Å². The molecule has 0 bridgehead atoms. The van der Waals surface area contributed by atoms with Crippen molar-refractivity contribution in [2.75, 3.05) is 19.8 Å². The van der Waals surface area contributed by atoms with Crippen molar-refractivity contribution < 1.29 is 19.0 Å². The van der Waals surface area contributed by atoms with Crippen LogP contribution in [-0.2, 0) is 19.0 Å². The van der Waals surface area contributed by atoms with E-state index in [0.717, 1.165) is 83.8 Å². The monoisotopic (exact) mass is 344 g/mol. The number of esters is 1. The molecule has 4 heteroatoms. The molecule has 0 saturated carbocycles. The van der Waals surface area contributed by atoms with Crippen molar-refractivity contribution in [3.63, 3.8) is 0 Å². The van der Waals surface area contributed by atoms with Crippen molar-refractivity contribution in [2.45, 2.75) is 104 Å². The van der Waals surface area contributed by atoms with Crippen LogP contribution in [0.25, 0.3) is 0 Å². The van der Waals surface area contributed by atoms with Gasteiger partial charge >= 0.3 is 5.97 Å². The quantitative estimate of drug-likeness (QED) is 0.184. The number of carbonyl (C=O) groups is 1. The lowest BCUT2D eigenvalue weighted by molar-refractivity contribution is -0.148. The fourth-order valence-electron chi connectivity index (χ4n) is 2.27. The second-order valence-corrected chi connectivity index (χ2v) is 6.41. The van der Waals surface area contributed by atoms with Gasteiger partial charge in [-0.15, -0.1) is 0 Å². The molecule has 0 aliphatic rings. The number of unbranched alkanes of at least 4 members (excludes halogenated alkanes) is 6.